The van der Waals surface area contributed by atoms with Gasteiger partial charge in [0.25, 0.3) is 5.56 Å². The van der Waals surface area contributed by atoms with Crippen LogP contribution in [0, 0.1) is 17.2 Å². The Balaban J connectivity index is 1.93. The van der Waals surface area contributed by atoms with E-state index in [1.807, 2.05) is 12.1 Å². The molecule has 0 radical (unpaired) electrons. The van der Waals surface area contributed by atoms with E-state index < -0.39 is 0 Å². The quantitative estimate of drug-likeness (QED) is 0.657. The van der Waals surface area contributed by atoms with Gasteiger partial charge in [0.1, 0.15) is 10.7 Å². The average molecular weight is 364 g/mol. The van der Waals surface area contributed by atoms with E-state index in [-0.39, 0.29) is 5.56 Å². The van der Waals surface area contributed by atoms with Crippen molar-refractivity contribution >= 4 is 21.6 Å². The Hall–Kier alpha value is -2.52. The summed E-state index contributed by atoms with van der Waals surface area (Å²) in [5, 5.41) is 9.65. The normalized spacial score (nSPS) is 16.4. The number of thiophene rings is 1. The predicted octanol–water partition coefficient (Wildman–Crippen LogP) is 3.95. The van der Waals surface area contributed by atoms with Gasteiger partial charge in [0.05, 0.1) is 11.5 Å². The van der Waals surface area contributed by atoms with E-state index in [1.165, 1.54) is 10.4 Å². The molecule has 0 bridgehead atoms. The number of nitriles is 1. The van der Waals surface area contributed by atoms with Gasteiger partial charge in [-0.2, -0.15) is 5.26 Å². The monoisotopic (exact) mass is 364 g/mol. The molecule has 0 spiro atoms. The molecule has 3 aromatic rings. The van der Waals surface area contributed by atoms with E-state index in [2.05, 4.69) is 18.0 Å². The first-order valence-electron chi connectivity index (χ1n) is 9.01. The summed E-state index contributed by atoms with van der Waals surface area (Å²) in [6.45, 7) is 2.77. The summed E-state index contributed by atoms with van der Waals surface area (Å²) in [5.74, 6) is 1.31. The summed E-state index contributed by atoms with van der Waals surface area (Å²) >= 11 is 1.67. The van der Waals surface area contributed by atoms with Gasteiger partial charge >= 0.3 is 0 Å². The predicted molar refractivity (Wildman–Crippen MR) is 103 cm³/mol. The van der Waals surface area contributed by atoms with E-state index in [9.17, 15) is 4.79 Å². The first-order chi connectivity index (χ1) is 12.7. The molecule has 0 amide bonds. The minimum absolute atomic E-state index is 0.0267. The van der Waals surface area contributed by atoms with Crippen molar-refractivity contribution in [2.24, 2.45) is 5.92 Å². The van der Waals surface area contributed by atoms with Crippen molar-refractivity contribution in [2.45, 2.75) is 45.6 Å². The van der Waals surface area contributed by atoms with E-state index in [0.29, 0.717) is 31.1 Å². The van der Waals surface area contributed by atoms with E-state index in [4.69, 9.17) is 10.2 Å². The van der Waals surface area contributed by atoms with Gasteiger partial charge in [0.2, 0.25) is 0 Å². The van der Waals surface area contributed by atoms with Gasteiger partial charge in [-0.25, -0.2) is 4.98 Å². The molecule has 1 aliphatic carbocycles. The highest BCUT2D eigenvalue weighted by Crippen LogP contribution is 2.36. The second-order valence-electron chi connectivity index (χ2n) is 6.93. The first-order valence-corrected chi connectivity index (χ1v) is 9.83. The number of fused-ring (bicyclic) bond motifs is 3. The van der Waals surface area contributed by atoms with Crippen LogP contribution in [-0.2, 0) is 19.4 Å². The van der Waals surface area contributed by atoms with E-state index >= 15 is 0 Å². The van der Waals surface area contributed by atoms with Gasteiger partial charge in [-0.3, -0.25) is 14.3 Å². The third-order valence-corrected chi connectivity index (χ3v) is 6.15. The summed E-state index contributed by atoms with van der Waals surface area (Å²) in [5.41, 5.74) is 2.06. The minimum Gasteiger partial charge on any atom is -0.292 e. The van der Waals surface area contributed by atoms with Crippen LogP contribution in [-0.4, -0.2) is 14.5 Å². The Morgan fingerprint density at radius 3 is 3.12 bits per heavy atom. The highest BCUT2D eigenvalue weighted by Gasteiger charge is 2.24. The molecule has 132 valence electrons. The lowest BCUT2D eigenvalue weighted by molar-refractivity contribution is 0.509. The third kappa shape index (κ3) is 2.93. The minimum atomic E-state index is 0.0267. The Morgan fingerprint density at radius 1 is 1.46 bits per heavy atom. The molecule has 1 atom stereocenters. The maximum Gasteiger partial charge on any atom is 0.262 e. The van der Waals surface area contributed by atoms with E-state index in [1.54, 1.807) is 28.3 Å². The molecule has 0 fully saturated rings. The molecule has 4 rings (SSSR count). The molecule has 6 heteroatoms. The fourth-order valence-electron chi connectivity index (χ4n) is 3.66. The molecule has 5 nitrogen and oxygen atoms in total. The van der Waals surface area contributed by atoms with Gasteiger partial charge in [-0.1, -0.05) is 6.92 Å². The number of hydrogen-bond acceptors (Lipinski definition) is 5. The smallest absolute Gasteiger partial charge is 0.262 e. The largest absolute Gasteiger partial charge is 0.292 e. The summed E-state index contributed by atoms with van der Waals surface area (Å²) in [7, 11) is 0. The Bertz CT molecular complexity index is 1050. The standard InChI is InChI=1S/C20H20N4OS/c1-13-6-7-15-16(11-13)26-19-17(15)20(25)24(10-3-2-8-21)18(23-19)14-5-4-9-22-12-14/h4-5,9,12-13H,2-3,6-7,10-11H2,1H3. The maximum absolute atomic E-state index is 13.4. The lowest BCUT2D eigenvalue weighted by atomic mass is 9.89. The highest BCUT2D eigenvalue weighted by molar-refractivity contribution is 7.18. The van der Waals surface area contributed by atoms with Gasteiger partial charge < -0.3 is 0 Å². The lowest BCUT2D eigenvalue weighted by Gasteiger charge is -2.17. The Morgan fingerprint density at radius 2 is 2.35 bits per heavy atom. The summed E-state index contributed by atoms with van der Waals surface area (Å²) in [4.78, 5) is 24.6. The van der Waals surface area contributed by atoms with Gasteiger partial charge in [0.15, 0.2) is 0 Å². The molecule has 0 N–H and O–H groups in total. The number of aryl methyl sites for hydroxylation is 1. The molecule has 0 aliphatic heterocycles. The number of hydrogen-bond donors (Lipinski definition) is 0. The molecule has 26 heavy (non-hydrogen) atoms. The van der Waals surface area contributed by atoms with Gasteiger partial charge in [0, 0.05) is 35.8 Å². The second-order valence-corrected chi connectivity index (χ2v) is 8.01. The second kappa shape index (κ2) is 7.00. The van der Waals surface area contributed by atoms with Crippen LogP contribution in [0.5, 0.6) is 0 Å². The van der Waals surface area contributed by atoms with Crippen LogP contribution in [0.4, 0.5) is 0 Å². The van der Waals surface area contributed by atoms with Crippen molar-refractivity contribution in [1.82, 2.24) is 14.5 Å². The van der Waals surface area contributed by atoms with Crippen molar-refractivity contribution in [3.05, 3.63) is 45.3 Å². The zero-order chi connectivity index (χ0) is 18.1. The van der Waals surface area contributed by atoms with E-state index in [0.717, 1.165) is 35.0 Å². The molecule has 1 unspecified atom stereocenters. The number of pyridine rings is 1. The summed E-state index contributed by atoms with van der Waals surface area (Å²) < 4.78 is 1.74. The lowest BCUT2D eigenvalue weighted by Crippen LogP contribution is -2.24. The zero-order valence-corrected chi connectivity index (χ0v) is 15.6. The number of nitrogens with zero attached hydrogens (tertiary/aromatic N) is 4. The van der Waals surface area contributed by atoms with Crippen molar-refractivity contribution in [1.29, 1.82) is 5.26 Å². The van der Waals surface area contributed by atoms with Crippen LogP contribution in [0.1, 0.15) is 36.6 Å². The van der Waals surface area contributed by atoms with Crippen LogP contribution in [0.2, 0.25) is 0 Å². The van der Waals surface area contributed by atoms with Crippen LogP contribution < -0.4 is 5.56 Å². The van der Waals surface area contributed by atoms with Crippen LogP contribution in [0.3, 0.4) is 0 Å². The molecule has 0 aromatic carbocycles. The van der Waals surface area contributed by atoms with Crippen LogP contribution in [0.15, 0.2) is 29.3 Å². The van der Waals surface area contributed by atoms with Crippen molar-refractivity contribution in [3.8, 4) is 17.5 Å². The molecular weight excluding hydrogens is 344 g/mol. The third-order valence-electron chi connectivity index (χ3n) is 5.01. The first kappa shape index (κ1) is 16.9. The summed E-state index contributed by atoms with van der Waals surface area (Å²) in [6.07, 6.45) is 7.63. The van der Waals surface area contributed by atoms with Crippen LogP contribution in [0.25, 0.3) is 21.6 Å². The fourth-order valence-corrected chi connectivity index (χ4v) is 5.04. The van der Waals surface area contributed by atoms with Crippen LogP contribution >= 0.6 is 11.3 Å². The number of unbranched alkanes of at least 4 members (excludes halogenated alkanes) is 1. The topological polar surface area (TPSA) is 71.6 Å². The molecular formula is C20H20N4OS. The van der Waals surface area contributed by atoms with Crippen molar-refractivity contribution in [2.75, 3.05) is 0 Å². The Kier molecular flexibility index (Phi) is 4.56. The van der Waals surface area contributed by atoms with Gasteiger partial charge in [-0.15, -0.1) is 11.3 Å². The molecule has 0 saturated heterocycles. The highest BCUT2D eigenvalue weighted by atomic mass is 32.1. The number of rotatable bonds is 4. The van der Waals surface area contributed by atoms with Crippen molar-refractivity contribution in [3.63, 3.8) is 0 Å². The van der Waals surface area contributed by atoms with Crippen molar-refractivity contribution < 1.29 is 0 Å². The molecule has 0 saturated carbocycles. The number of aromatic nitrogens is 3. The molecule has 1 aliphatic rings. The molecule has 3 heterocycles. The maximum atomic E-state index is 13.4. The fraction of sp³-hybridized carbons (Fsp3) is 0.400. The Labute approximate surface area is 156 Å². The van der Waals surface area contributed by atoms with Gasteiger partial charge in [-0.05, 0) is 49.3 Å². The summed E-state index contributed by atoms with van der Waals surface area (Å²) in [6, 6.07) is 5.94. The molecule has 3 aromatic heterocycles. The average Bonchev–Trinajstić information content (AvgIpc) is 3.01. The zero-order valence-electron chi connectivity index (χ0n) is 14.7. The SMILES string of the molecule is CC1CCc2c(sc3nc(-c4cccnc4)n(CCCC#N)c(=O)c23)C1.